The number of pyridine rings is 1. The van der Waals surface area contributed by atoms with Gasteiger partial charge in [0.25, 0.3) is 0 Å². The second kappa shape index (κ2) is 3.34. The number of nitrogens with zero attached hydrogens (tertiary/aromatic N) is 1. The second-order valence-electron chi connectivity index (χ2n) is 2.75. The zero-order valence-electron chi connectivity index (χ0n) is 6.26. The molecule has 0 unspecified atom stereocenters. The molecule has 1 fully saturated rings. The zero-order chi connectivity index (χ0) is 8.55. The standard InChI is InChI=1S/C8H7Br2NO/c9-6-3-11-4-7(10)8(6)12-5-1-2-5/h3-5H,1-2H2. The van der Waals surface area contributed by atoms with Crippen LogP contribution in [0, 0.1) is 0 Å². The van der Waals surface area contributed by atoms with E-state index < -0.39 is 0 Å². The molecule has 1 heterocycles. The molecule has 1 aromatic rings. The highest BCUT2D eigenvalue weighted by Gasteiger charge is 2.25. The van der Waals surface area contributed by atoms with Gasteiger partial charge >= 0.3 is 0 Å². The van der Waals surface area contributed by atoms with Gasteiger partial charge in [0.2, 0.25) is 0 Å². The van der Waals surface area contributed by atoms with Gasteiger partial charge in [0.1, 0.15) is 0 Å². The quantitative estimate of drug-likeness (QED) is 0.835. The van der Waals surface area contributed by atoms with Gasteiger partial charge in [-0.2, -0.15) is 0 Å². The third-order valence-corrected chi connectivity index (χ3v) is 2.75. The minimum Gasteiger partial charge on any atom is -0.488 e. The Bertz CT molecular complexity index is 279. The number of ether oxygens (including phenoxy) is 1. The Morgan fingerprint density at radius 3 is 2.33 bits per heavy atom. The number of rotatable bonds is 2. The van der Waals surface area contributed by atoms with Gasteiger partial charge in [-0.3, -0.25) is 4.98 Å². The largest absolute Gasteiger partial charge is 0.488 e. The molecule has 1 aliphatic rings. The highest BCUT2D eigenvalue weighted by atomic mass is 79.9. The molecule has 12 heavy (non-hydrogen) atoms. The Kier molecular flexibility index (Phi) is 2.37. The molecule has 64 valence electrons. The van der Waals surface area contributed by atoms with Gasteiger partial charge in [-0.05, 0) is 44.7 Å². The maximum absolute atomic E-state index is 5.65. The first-order valence-electron chi connectivity index (χ1n) is 3.73. The van der Waals surface area contributed by atoms with Crippen molar-refractivity contribution in [3.8, 4) is 5.75 Å². The molecule has 4 heteroatoms. The number of hydrogen-bond acceptors (Lipinski definition) is 2. The van der Waals surface area contributed by atoms with Crippen molar-refractivity contribution in [3.63, 3.8) is 0 Å². The van der Waals surface area contributed by atoms with Crippen LogP contribution in [0.3, 0.4) is 0 Å². The van der Waals surface area contributed by atoms with E-state index in [-0.39, 0.29) is 0 Å². The summed E-state index contributed by atoms with van der Waals surface area (Å²) in [5, 5.41) is 0. The van der Waals surface area contributed by atoms with Crippen LogP contribution in [0.15, 0.2) is 21.3 Å². The van der Waals surface area contributed by atoms with Gasteiger partial charge in [-0.15, -0.1) is 0 Å². The predicted octanol–water partition coefficient (Wildman–Crippen LogP) is 3.15. The predicted molar refractivity (Wildman–Crippen MR) is 53.3 cm³/mol. The summed E-state index contributed by atoms with van der Waals surface area (Å²) in [6.07, 6.45) is 6.23. The van der Waals surface area contributed by atoms with Crippen LogP contribution in [0.1, 0.15) is 12.8 Å². The van der Waals surface area contributed by atoms with Gasteiger partial charge in [0, 0.05) is 12.4 Å². The number of hydrogen-bond donors (Lipinski definition) is 0. The Morgan fingerprint density at radius 1 is 1.25 bits per heavy atom. The summed E-state index contributed by atoms with van der Waals surface area (Å²) in [4.78, 5) is 4.00. The highest BCUT2D eigenvalue weighted by Crippen LogP contribution is 2.36. The molecule has 2 rings (SSSR count). The molecule has 1 saturated carbocycles. The van der Waals surface area contributed by atoms with Crippen molar-refractivity contribution < 1.29 is 4.74 Å². The molecule has 1 aliphatic carbocycles. The van der Waals surface area contributed by atoms with Crippen LogP contribution in [-0.4, -0.2) is 11.1 Å². The minimum absolute atomic E-state index is 0.417. The summed E-state index contributed by atoms with van der Waals surface area (Å²) in [5.41, 5.74) is 0. The molecule has 0 saturated heterocycles. The van der Waals surface area contributed by atoms with Crippen molar-refractivity contribution in [2.24, 2.45) is 0 Å². The zero-order valence-corrected chi connectivity index (χ0v) is 9.43. The number of aromatic nitrogens is 1. The summed E-state index contributed by atoms with van der Waals surface area (Å²) < 4.78 is 7.47. The average molecular weight is 293 g/mol. The van der Waals surface area contributed by atoms with E-state index in [0.717, 1.165) is 14.7 Å². The third kappa shape index (κ3) is 1.80. The third-order valence-electron chi connectivity index (χ3n) is 1.62. The molecule has 0 N–H and O–H groups in total. The fraction of sp³-hybridized carbons (Fsp3) is 0.375. The molecule has 0 radical (unpaired) electrons. The van der Waals surface area contributed by atoms with Crippen molar-refractivity contribution in [2.45, 2.75) is 18.9 Å². The van der Waals surface area contributed by atoms with E-state index in [1.165, 1.54) is 12.8 Å². The maximum atomic E-state index is 5.65. The average Bonchev–Trinajstić information content (AvgIpc) is 2.80. The van der Waals surface area contributed by atoms with Crippen molar-refractivity contribution >= 4 is 31.9 Å². The molecule has 0 aliphatic heterocycles. The van der Waals surface area contributed by atoms with Gasteiger partial charge in [0.05, 0.1) is 15.0 Å². The van der Waals surface area contributed by atoms with Gasteiger partial charge in [0.15, 0.2) is 5.75 Å². The lowest BCUT2D eigenvalue weighted by Gasteiger charge is -2.07. The lowest BCUT2D eigenvalue weighted by Crippen LogP contribution is -1.97. The summed E-state index contributed by atoms with van der Waals surface area (Å²) in [7, 11) is 0. The Hall–Kier alpha value is -0.0900. The SMILES string of the molecule is Brc1cncc(Br)c1OC1CC1. The van der Waals surface area contributed by atoms with Crippen molar-refractivity contribution in [3.05, 3.63) is 21.3 Å². The molecule has 0 aromatic carbocycles. The maximum Gasteiger partial charge on any atom is 0.151 e. The first kappa shape index (κ1) is 8.51. The summed E-state index contributed by atoms with van der Waals surface area (Å²) >= 11 is 6.77. The normalized spacial score (nSPS) is 16.2. The topological polar surface area (TPSA) is 22.1 Å². The lowest BCUT2D eigenvalue weighted by atomic mass is 10.4. The Morgan fingerprint density at radius 2 is 1.83 bits per heavy atom. The lowest BCUT2D eigenvalue weighted by molar-refractivity contribution is 0.299. The Labute approximate surface area is 87.6 Å². The molecular weight excluding hydrogens is 286 g/mol. The number of halogens is 2. The van der Waals surface area contributed by atoms with Crippen LogP contribution in [0.5, 0.6) is 5.75 Å². The molecular formula is C8H7Br2NO. The first-order chi connectivity index (χ1) is 5.77. The Balaban J connectivity index is 2.26. The monoisotopic (exact) mass is 291 g/mol. The van der Waals surface area contributed by atoms with Crippen LogP contribution in [-0.2, 0) is 0 Å². The van der Waals surface area contributed by atoms with E-state index in [0.29, 0.717) is 6.10 Å². The summed E-state index contributed by atoms with van der Waals surface area (Å²) in [6, 6.07) is 0. The summed E-state index contributed by atoms with van der Waals surface area (Å²) in [5.74, 6) is 0.868. The van der Waals surface area contributed by atoms with Crippen molar-refractivity contribution in [1.29, 1.82) is 0 Å². The van der Waals surface area contributed by atoms with Crippen LogP contribution >= 0.6 is 31.9 Å². The van der Waals surface area contributed by atoms with Crippen LogP contribution < -0.4 is 4.74 Å². The van der Waals surface area contributed by atoms with E-state index in [1.807, 2.05) is 0 Å². The van der Waals surface area contributed by atoms with E-state index in [2.05, 4.69) is 36.8 Å². The van der Waals surface area contributed by atoms with E-state index in [1.54, 1.807) is 12.4 Å². The molecule has 0 spiro atoms. The molecule has 1 aromatic heterocycles. The van der Waals surface area contributed by atoms with Crippen molar-refractivity contribution in [2.75, 3.05) is 0 Å². The molecule has 2 nitrogen and oxygen atoms in total. The van der Waals surface area contributed by atoms with E-state index in [9.17, 15) is 0 Å². The smallest absolute Gasteiger partial charge is 0.151 e. The van der Waals surface area contributed by atoms with Crippen LogP contribution in [0.2, 0.25) is 0 Å². The molecule has 0 bridgehead atoms. The van der Waals surface area contributed by atoms with E-state index in [4.69, 9.17) is 4.74 Å². The minimum atomic E-state index is 0.417. The fourth-order valence-corrected chi connectivity index (χ4v) is 1.98. The molecule has 0 atom stereocenters. The van der Waals surface area contributed by atoms with Gasteiger partial charge < -0.3 is 4.74 Å². The summed E-state index contributed by atoms with van der Waals surface area (Å²) in [6.45, 7) is 0. The van der Waals surface area contributed by atoms with Gasteiger partial charge in [-0.1, -0.05) is 0 Å². The second-order valence-corrected chi connectivity index (χ2v) is 4.46. The highest BCUT2D eigenvalue weighted by molar-refractivity contribution is 9.11. The van der Waals surface area contributed by atoms with Crippen molar-refractivity contribution in [1.82, 2.24) is 4.98 Å². The molecule has 0 amide bonds. The van der Waals surface area contributed by atoms with Crippen LogP contribution in [0.25, 0.3) is 0 Å². The van der Waals surface area contributed by atoms with Crippen LogP contribution in [0.4, 0.5) is 0 Å². The van der Waals surface area contributed by atoms with Gasteiger partial charge in [-0.25, -0.2) is 0 Å². The first-order valence-corrected chi connectivity index (χ1v) is 5.31. The fourth-order valence-electron chi connectivity index (χ4n) is 0.865. The van der Waals surface area contributed by atoms with E-state index >= 15 is 0 Å².